The number of sulfonamides is 1. The zero-order chi connectivity index (χ0) is 22.2. The summed E-state index contributed by atoms with van der Waals surface area (Å²) in [6.07, 6.45) is 2.46. The molecule has 3 heterocycles. The molecular formula is C19H23N7O3S2. The molecule has 12 heteroatoms. The van der Waals surface area contributed by atoms with Crippen LogP contribution in [0.4, 0.5) is 0 Å². The summed E-state index contributed by atoms with van der Waals surface area (Å²) in [6, 6.07) is 8.57. The number of hydrogen-bond acceptors (Lipinski definition) is 8. The van der Waals surface area contributed by atoms with E-state index < -0.39 is 10.0 Å². The zero-order valence-electron chi connectivity index (χ0n) is 17.4. The number of hydrogen-bond donors (Lipinski definition) is 1. The van der Waals surface area contributed by atoms with E-state index in [1.165, 1.54) is 34.8 Å². The molecule has 0 saturated carbocycles. The Morgan fingerprint density at radius 3 is 2.71 bits per heavy atom. The summed E-state index contributed by atoms with van der Waals surface area (Å²) in [5.41, 5.74) is 1.53. The maximum Gasteiger partial charge on any atom is 0.242 e. The second kappa shape index (κ2) is 8.36. The lowest BCUT2D eigenvalue weighted by Gasteiger charge is -2.11. The van der Waals surface area contributed by atoms with Gasteiger partial charge in [-0.3, -0.25) is 0 Å². The van der Waals surface area contributed by atoms with Gasteiger partial charge in [0.05, 0.1) is 27.9 Å². The number of nitrogens with two attached hydrogens (primary N) is 1. The second-order valence-corrected chi connectivity index (χ2v) is 10.2. The van der Waals surface area contributed by atoms with Gasteiger partial charge < -0.3 is 14.8 Å². The minimum absolute atomic E-state index is 0.218. The van der Waals surface area contributed by atoms with Gasteiger partial charge >= 0.3 is 0 Å². The Labute approximate surface area is 184 Å². The van der Waals surface area contributed by atoms with Crippen LogP contribution in [0, 0.1) is 0 Å². The molecule has 4 aromatic rings. The van der Waals surface area contributed by atoms with E-state index in [0.717, 1.165) is 24.3 Å². The van der Waals surface area contributed by atoms with E-state index in [9.17, 15) is 8.42 Å². The number of rotatable bonds is 8. The second-order valence-electron chi connectivity index (χ2n) is 7.06. The van der Waals surface area contributed by atoms with Crippen LogP contribution >= 0.6 is 11.8 Å². The van der Waals surface area contributed by atoms with Crippen molar-refractivity contribution in [2.24, 2.45) is 0 Å². The SMILES string of the molecule is CCCn1c(CSc2nnc(-c3ccco3)n2N)nc2cc(S(=O)(=O)N(C)C)ccc21. The molecule has 0 amide bonds. The molecule has 0 aliphatic carbocycles. The van der Waals surface area contributed by atoms with Crippen LogP contribution in [0.1, 0.15) is 19.2 Å². The summed E-state index contributed by atoms with van der Waals surface area (Å²) < 4.78 is 35.0. The third kappa shape index (κ3) is 3.93. The topological polar surface area (TPSA) is 125 Å². The molecule has 31 heavy (non-hydrogen) atoms. The summed E-state index contributed by atoms with van der Waals surface area (Å²) in [5, 5.41) is 8.78. The molecule has 0 atom stereocenters. The highest BCUT2D eigenvalue weighted by Gasteiger charge is 2.20. The van der Waals surface area contributed by atoms with E-state index in [-0.39, 0.29) is 4.90 Å². The number of aryl methyl sites for hydroxylation is 1. The van der Waals surface area contributed by atoms with Crippen molar-refractivity contribution in [3.8, 4) is 11.6 Å². The van der Waals surface area contributed by atoms with Crippen LogP contribution in [0.2, 0.25) is 0 Å². The lowest BCUT2D eigenvalue weighted by molar-refractivity contribution is 0.521. The quantitative estimate of drug-likeness (QED) is 0.313. The van der Waals surface area contributed by atoms with Gasteiger partial charge in [0.2, 0.25) is 21.0 Å². The Morgan fingerprint density at radius 2 is 2.03 bits per heavy atom. The number of fused-ring (bicyclic) bond motifs is 1. The van der Waals surface area contributed by atoms with Gasteiger partial charge in [-0.05, 0) is 36.8 Å². The molecule has 0 bridgehead atoms. The number of aromatic nitrogens is 5. The highest BCUT2D eigenvalue weighted by atomic mass is 32.2. The highest BCUT2D eigenvalue weighted by molar-refractivity contribution is 7.98. The van der Waals surface area contributed by atoms with Gasteiger partial charge in [-0.15, -0.1) is 10.2 Å². The number of thioether (sulfide) groups is 1. The Hall–Kier alpha value is -2.83. The maximum absolute atomic E-state index is 12.5. The summed E-state index contributed by atoms with van der Waals surface area (Å²) in [4.78, 5) is 4.93. The third-order valence-corrected chi connectivity index (χ3v) is 7.51. The van der Waals surface area contributed by atoms with Crippen molar-refractivity contribution in [1.82, 2.24) is 28.7 Å². The summed E-state index contributed by atoms with van der Waals surface area (Å²) in [6.45, 7) is 2.85. The van der Waals surface area contributed by atoms with Gasteiger partial charge in [-0.25, -0.2) is 22.4 Å². The third-order valence-electron chi connectivity index (χ3n) is 4.76. The Balaban J connectivity index is 1.65. The van der Waals surface area contributed by atoms with Crippen LogP contribution in [0.25, 0.3) is 22.6 Å². The molecule has 0 spiro atoms. The van der Waals surface area contributed by atoms with Crippen molar-refractivity contribution in [3.63, 3.8) is 0 Å². The molecule has 164 valence electrons. The number of imidazole rings is 1. The first-order chi connectivity index (χ1) is 14.8. The molecule has 3 aromatic heterocycles. The predicted octanol–water partition coefficient (Wildman–Crippen LogP) is 2.55. The van der Waals surface area contributed by atoms with E-state index >= 15 is 0 Å². The van der Waals surface area contributed by atoms with Crippen LogP contribution < -0.4 is 5.84 Å². The fourth-order valence-corrected chi connectivity index (χ4v) is 4.92. The maximum atomic E-state index is 12.5. The Kier molecular flexibility index (Phi) is 5.77. The monoisotopic (exact) mass is 461 g/mol. The minimum Gasteiger partial charge on any atom is -0.461 e. The van der Waals surface area contributed by atoms with E-state index in [4.69, 9.17) is 15.2 Å². The Bertz CT molecular complexity index is 1310. The molecule has 0 aliphatic heterocycles. The minimum atomic E-state index is -3.53. The van der Waals surface area contributed by atoms with E-state index in [1.54, 1.807) is 30.5 Å². The van der Waals surface area contributed by atoms with Gasteiger partial charge in [-0.2, -0.15) is 0 Å². The van der Waals surface area contributed by atoms with Crippen LogP contribution in [0.5, 0.6) is 0 Å². The lowest BCUT2D eigenvalue weighted by Crippen LogP contribution is -2.22. The van der Waals surface area contributed by atoms with Crippen LogP contribution in [-0.2, 0) is 22.3 Å². The average Bonchev–Trinajstić information content (AvgIpc) is 3.46. The van der Waals surface area contributed by atoms with Gasteiger partial charge in [0.25, 0.3) is 0 Å². The molecule has 10 nitrogen and oxygen atoms in total. The van der Waals surface area contributed by atoms with E-state index in [0.29, 0.717) is 28.0 Å². The molecule has 0 unspecified atom stereocenters. The molecule has 0 radical (unpaired) electrons. The zero-order valence-corrected chi connectivity index (χ0v) is 19.0. The van der Waals surface area contributed by atoms with Crippen molar-refractivity contribution in [2.45, 2.75) is 35.7 Å². The molecule has 1 aromatic carbocycles. The first-order valence-electron chi connectivity index (χ1n) is 9.61. The number of furan rings is 1. The van der Waals surface area contributed by atoms with Gasteiger partial charge in [0, 0.05) is 20.6 Å². The van der Waals surface area contributed by atoms with Gasteiger partial charge in [0.1, 0.15) is 5.82 Å². The van der Waals surface area contributed by atoms with Crippen LogP contribution in [0.15, 0.2) is 51.1 Å². The highest BCUT2D eigenvalue weighted by Crippen LogP contribution is 2.28. The summed E-state index contributed by atoms with van der Waals surface area (Å²) in [7, 11) is -0.510. The van der Waals surface area contributed by atoms with Gasteiger partial charge in [0.15, 0.2) is 5.76 Å². The smallest absolute Gasteiger partial charge is 0.242 e. The molecule has 0 aliphatic rings. The largest absolute Gasteiger partial charge is 0.461 e. The number of benzene rings is 1. The standard InChI is InChI=1S/C19H23N7O3S2/c1-4-9-25-15-8-7-13(31(27,28)24(2)3)11-14(15)21-17(25)12-30-19-23-22-18(26(19)20)16-6-5-10-29-16/h5-8,10-11H,4,9,12,20H2,1-3H3. The molecule has 0 saturated heterocycles. The first kappa shape index (κ1) is 21.4. The summed E-state index contributed by atoms with van der Waals surface area (Å²) in [5.74, 6) is 8.42. The van der Waals surface area contributed by atoms with Crippen molar-refractivity contribution in [2.75, 3.05) is 19.9 Å². The number of nitrogen functional groups attached to an aromatic ring is 1. The number of nitrogens with zero attached hydrogens (tertiary/aromatic N) is 6. The molecular weight excluding hydrogens is 438 g/mol. The van der Waals surface area contributed by atoms with Crippen molar-refractivity contribution < 1.29 is 12.8 Å². The lowest BCUT2D eigenvalue weighted by atomic mass is 10.3. The normalized spacial score (nSPS) is 12.3. The summed E-state index contributed by atoms with van der Waals surface area (Å²) >= 11 is 1.40. The average molecular weight is 462 g/mol. The fraction of sp³-hybridized carbons (Fsp3) is 0.316. The molecule has 2 N–H and O–H groups in total. The van der Waals surface area contributed by atoms with E-state index in [1.807, 2.05) is 6.07 Å². The fourth-order valence-electron chi connectivity index (χ4n) is 3.19. The Morgan fingerprint density at radius 1 is 1.23 bits per heavy atom. The van der Waals surface area contributed by atoms with E-state index in [2.05, 4.69) is 21.7 Å². The van der Waals surface area contributed by atoms with Crippen LogP contribution in [0.3, 0.4) is 0 Å². The first-order valence-corrected chi connectivity index (χ1v) is 12.0. The van der Waals surface area contributed by atoms with Gasteiger partial charge in [-0.1, -0.05) is 18.7 Å². The van der Waals surface area contributed by atoms with Crippen molar-refractivity contribution in [3.05, 3.63) is 42.4 Å². The predicted molar refractivity (Wildman–Crippen MR) is 118 cm³/mol. The van der Waals surface area contributed by atoms with Crippen molar-refractivity contribution >= 4 is 32.8 Å². The molecule has 0 fully saturated rings. The molecule has 4 rings (SSSR count). The van der Waals surface area contributed by atoms with Crippen molar-refractivity contribution in [1.29, 1.82) is 0 Å². The van der Waals surface area contributed by atoms with Crippen LogP contribution in [-0.4, -0.2) is 51.2 Å².